The Morgan fingerprint density at radius 1 is 1.50 bits per heavy atom. The standard InChI is InChI=1S/C13H15ClN2/c1-8(9(2)15-3)12-7-16-13-5-4-10(14)6-11(12)13/h4-7,9,15-16H,1H2,2-3H3. The van der Waals surface area contributed by atoms with Gasteiger partial charge in [-0.05, 0) is 37.7 Å². The molecule has 0 amide bonds. The van der Waals surface area contributed by atoms with Crippen LogP contribution in [0.1, 0.15) is 12.5 Å². The van der Waals surface area contributed by atoms with Crippen LogP contribution in [0.3, 0.4) is 0 Å². The summed E-state index contributed by atoms with van der Waals surface area (Å²) in [6, 6.07) is 6.08. The highest BCUT2D eigenvalue weighted by atomic mass is 35.5. The van der Waals surface area contributed by atoms with E-state index in [4.69, 9.17) is 11.6 Å². The molecule has 1 aromatic heterocycles. The minimum absolute atomic E-state index is 0.248. The summed E-state index contributed by atoms with van der Waals surface area (Å²) in [5.74, 6) is 0. The van der Waals surface area contributed by atoms with Crippen LogP contribution in [0.2, 0.25) is 5.02 Å². The topological polar surface area (TPSA) is 27.8 Å². The van der Waals surface area contributed by atoms with Crippen molar-refractivity contribution in [3.63, 3.8) is 0 Å². The van der Waals surface area contributed by atoms with Crippen LogP contribution in [0.4, 0.5) is 0 Å². The minimum Gasteiger partial charge on any atom is -0.361 e. The molecule has 2 aromatic rings. The predicted octanol–water partition coefficient (Wildman–Crippen LogP) is 3.44. The maximum absolute atomic E-state index is 6.01. The van der Waals surface area contributed by atoms with E-state index in [1.807, 2.05) is 31.4 Å². The van der Waals surface area contributed by atoms with E-state index in [-0.39, 0.29) is 6.04 Å². The van der Waals surface area contributed by atoms with Crippen LogP contribution in [0.15, 0.2) is 31.0 Å². The Hall–Kier alpha value is -1.25. The van der Waals surface area contributed by atoms with E-state index in [2.05, 4.69) is 23.8 Å². The Labute approximate surface area is 100 Å². The Kier molecular flexibility index (Phi) is 3.03. The summed E-state index contributed by atoms with van der Waals surface area (Å²) < 4.78 is 0. The van der Waals surface area contributed by atoms with Crippen molar-refractivity contribution in [3.8, 4) is 0 Å². The van der Waals surface area contributed by atoms with Crippen molar-refractivity contribution in [1.29, 1.82) is 0 Å². The molecule has 0 aliphatic carbocycles. The number of rotatable bonds is 3. The molecule has 0 fully saturated rings. The first kappa shape index (κ1) is 11.2. The van der Waals surface area contributed by atoms with Gasteiger partial charge in [0.15, 0.2) is 0 Å². The average Bonchev–Trinajstić information content (AvgIpc) is 2.69. The lowest BCUT2D eigenvalue weighted by atomic mass is 10.0. The highest BCUT2D eigenvalue weighted by Crippen LogP contribution is 2.28. The van der Waals surface area contributed by atoms with E-state index < -0.39 is 0 Å². The minimum atomic E-state index is 0.248. The molecule has 1 heterocycles. The summed E-state index contributed by atoms with van der Waals surface area (Å²) in [4.78, 5) is 3.23. The molecule has 0 saturated carbocycles. The maximum Gasteiger partial charge on any atom is 0.0461 e. The first-order valence-corrected chi connectivity index (χ1v) is 5.64. The van der Waals surface area contributed by atoms with Gasteiger partial charge in [0.25, 0.3) is 0 Å². The van der Waals surface area contributed by atoms with E-state index >= 15 is 0 Å². The summed E-state index contributed by atoms with van der Waals surface area (Å²) in [5, 5.41) is 5.06. The zero-order chi connectivity index (χ0) is 11.7. The lowest BCUT2D eigenvalue weighted by molar-refractivity contribution is 0.746. The molecule has 2 N–H and O–H groups in total. The van der Waals surface area contributed by atoms with Gasteiger partial charge in [-0.25, -0.2) is 0 Å². The van der Waals surface area contributed by atoms with Gasteiger partial charge in [0.2, 0.25) is 0 Å². The first-order chi connectivity index (χ1) is 7.63. The molecular weight excluding hydrogens is 220 g/mol. The zero-order valence-electron chi connectivity index (χ0n) is 9.47. The molecule has 2 rings (SSSR count). The molecule has 0 bridgehead atoms. The third-order valence-corrected chi connectivity index (χ3v) is 3.18. The molecule has 3 heteroatoms. The van der Waals surface area contributed by atoms with Crippen LogP contribution in [0.5, 0.6) is 0 Å². The number of nitrogens with one attached hydrogen (secondary N) is 2. The van der Waals surface area contributed by atoms with Gasteiger partial charge in [0.05, 0.1) is 0 Å². The van der Waals surface area contributed by atoms with E-state index in [9.17, 15) is 0 Å². The molecule has 0 aliphatic rings. The van der Waals surface area contributed by atoms with Crippen molar-refractivity contribution in [2.45, 2.75) is 13.0 Å². The van der Waals surface area contributed by atoms with Crippen LogP contribution in [-0.4, -0.2) is 18.1 Å². The fraction of sp³-hybridized carbons (Fsp3) is 0.231. The van der Waals surface area contributed by atoms with Crippen LogP contribution in [-0.2, 0) is 0 Å². The first-order valence-electron chi connectivity index (χ1n) is 5.26. The third kappa shape index (κ3) is 1.86. The number of hydrogen-bond acceptors (Lipinski definition) is 1. The Morgan fingerprint density at radius 2 is 2.25 bits per heavy atom. The number of likely N-dealkylation sites (N-methyl/N-ethyl adjacent to an activating group) is 1. The molecule has 0 saturated heterocycles. The van der Waals surface area contributed by atoms with Crippen molar-refractivity contribution in [3.05, 3.63) is 41.6 Å². The summed E-state index contributed by atoms with van der Waals surface area (Å²) in [7, 11) is 1.93. The Balaban J connectivity index is 2.53. The van der Waals surface area contributed by atoms with Crippen molar-refractivity contribution in [2.24, 2.45) is 0 Å². The Bertz CT molecular complexity index is 528. The fourth-order valence-electron chi connectivity index (χ4n) is 1.77. The van der Waals surface area contributed by atoms with Gasteiger partial charge < -0.3 is 10.3 Å². The second-order valence-corrected chi connectivity index (χ2v) is 4.36. The number of aromatic amines is 1. The monoisotopic (exact) mass is 234 g/mol. The molecule has 16 heavy (non-hydrogen) atoms. The Morgan fingerprint density at radius 3 is 2.94 bits per heavy atom. The van der Waals surface area contributed by atoms with Crippen molar-refractivity contribution >= 4 is 28.1 Å². The van der Waals surface area contributed by atoms with Crippen LogP contribution < -0.4 is 5.32 Å². The molecule has 84 valence electrons. The SMILES string of the molecule is C=C(c1c[nH]c2ccc(Cl)cc12)C(C)NC. The summed E-state index contributed by atoms with van der Waals surface area (Å²) in [6.07, 6.45) is 1.98. The van der Waals surface area contributed by atoms with Gasteiger partial charge >= 0.3 is 0 Å². The lowest BCUT2D eigenvalue weighted by Crippen LogP contribution is -2.21. The van der Waals surface area contributed by atoms with Crippen LogP contribution in [0, 0.1) is 0 Å². The quantitative estimate of drug-likeness (QED) is 0.837. The number of halogens is 1. The van der Waals surface area contributed by atoms with E-state index in [0.29, 0.717) is 0 Å². The maximum atomic E-state index is 6.01. The largest absolute Gasteiger partial charge is 0.361 e. The molecule has 2 nitrogen and oxygen atoms in total. The number of H-pyrrole nitrogens is 1. The second kappa shape index (κ2) is 4.32. The van der Waals surface area contributed by atoms with Gasteiger partial charge in [-0.15, -0.1) is 0 Å². The highest BCUT2D eigenvalue weighted by molar-refractivity contribution is 6.31. The lowest BCUT2D eigenvalue weighted by Gasteiger charge is -2.12. The number of hydrogen-bond donors (Lipinski definition) is 2. The molecule has 0 aliphatic heterocycles. The van der Waals surface area contributed by atoms with Gasteiger partial charge in [0.1, 0.15) is 0 Å². The van der Waals surface area contributed by atoms with E-state index in [0.717, 1.165) is 27.1 Å². The zero-order valence-corrected chi connectivity index (χ0v) is 10.2. The number of benzene rings is 1. The van der Waals surface area contributed by atoms with Gasteiger partial charge in [-0.3, -0.25) is 0 Å². The van der Waals surface area contributed by atoms with Gasteiger partial charge in [0, 0.05) is 33.7 Å². The normalized spacial score (nSPS) is 12.9. The van der Waals surface area contributed by atoms with Gasteiger partial charge in [-0.1, -0.05) is 18.2 Å². The van der Waals surface area contributed by atoms with Crippen molar-refractivity contribution in [1.82, 2.24) is 10.3 Å². The molecule has 1 aromatic carbocycles. The summed E-state index contributed by atoms with van der Waals surface area (Å²) >= 11 is 6.01. The van der Waals surface area contributed by atoms with E-state index in [1.54, 1.807) is 0 Å². The third-order valence-electron chi connectivity index (χ3n) is 2.95. The molecule has 1 unspecified atom stereocenters. The smallest absolute Gasteiger partial charge is 0.0461 e. The van der Waals surface area contributed by atoms with Crippen molar-refractivity contribution in [2.75, 3.05) is 7.05 Å². The molecular formula is C13H15ClN2. The van der Waals surface area contributed by atoms with Crippen molar-refractivity contribution < 1.29 is 0 Å². The molecule has 0 spiro atoms. The second-order valence-electron chi connectivity index (χ2n) is 3.93. The van der Waals surface area contributed by atoms with Crippen LogP contribution >= 0.6 is 11.6 Å². The molecule has 0 radical (unpaired) electrons. The number of aromatic nitrogens is 1. The summed E-state index contributed by atoms with van der Waals surface area (Å²) in [5.41, 5.74) is 3.28. The number of fused-ring (bicyclic) bond motifs is 1. The van der Waals surface area contributed by atoms with E-state index in [1.165, 1.54) is 0 Å². The molecule has 1 atom stereocenters. The predicted molar refractivity (Wildman–Crippen MR) is 70.9 cm³/mol. The van der Waals surface area contributed by atoms with Gasteiger partial charge in [-0.2, -0.15) is 0 Å². The highest BCUT2D eigenvalue weighted by Gasteiger charge is 2.11. The van der Waals surface area contributed by atoms with Crippen LogP contribution in [0.25, 0.3) is 16.5 Å². The fourth-order valence-corrected chi connectivity index (χ4v) is 1.94. The summed E-state index contributed by atoms with van der Waals surface area (Å²) in [6.45, 7) is 6.21. The average molecular weight is 235 g/mol.